The Labute approximate surface area is 48.5 Å². The lowest BCUT2D eigenvalue weighted by atomic mass is 10.1. The third-order valence-corrected chi connectivity index (χ3v) is 1.12. The second-order valence-corrected chi connectivity index (χ2v) is 1.69. The van der Waals surface area contributed by atoms with Gasteiger partial charge in [0.1, 0.15) is 0 Å². The number of rotatable bonds is 3. The molecule has 0 bridgehead atoms. The summed E-state index contributed by atoms with van der Waals surface area (Å²) in [7, 11) is 0. The van der Waals surface area contributed by atoms with Gasteiger partial charge in [0.25, 0.3) is 0 Å². The first-order chi connectivity index (χ1) is 3.72. The molecule has 3 nitrogen and oxygen atoms in total. The van der Waals surface area contributed by atoms with Crippen LogP contribution < -0.4 is 5.73 Å². The molecule has 0 saturated heterocycles. The van der Waals surface area contributed by atoms with Crippen molar-refractivity contribution < 1.29 is 9.90 Å². The Kier molecular flexibility index (Phi) is 3.19. The lowest BCUT2D eigenvalue weighted by molar-refractivity contribution is -0.123. The highest BCUT2D eigenvalue weighted by molar-refractivity contribution is 5.76. The van der Waals surface area contributed by atoms with Crippen LogP contribution in [0.15, 0.2) is 0 Å². The predicted octanol–water partition coefficient (Wildman–Crippen LogP) is -0.510. The highest BCUT2D eigenvalue weighted by Crippen LogP contribution is 1.97. The zero-order valence-electron chi connectivity index (χ0n) is 4.92. The molecule has 0 aromatic rings. The van der Waals surface area contributed by atoms with Gasteiger partial charge >= 0.3 is 0 Å². The van der Waals surface area contributed by atoms with E-state index >= 15 is 0 Å². The number of carbonyl (C=O) groups is 1. The largest absolute Gasteiger partial charge is 0.396 e. The molecule has 0 heterocycles. The summed E-state index contributed by atoms with van der Waals surface area (Å²) in [6.45, 7) is 1.68. The monoisotopic (exact) mass is 117 g/mol. The maximum atomic E-state index is 10.2. The second kappa shape index (κ2) is 3.43. The number of primary amides is 1. The van der Waals surface area contributed by atoms with Crippen molar-refractivity contribution in [1.82, 2.24) is 0 Å². The number of hydrogen-bond donors (Lipinski definition) is 2. The average Bonchev–Trinajstić information content (AvgIpc) is 1.69. The molecule has 1 atom stereocenters. The zero-order chi connectivity index (χ0) is 6.57. The second-order valence-electron chi connectivity index (χ2n) is 1.69. The summed E-state index contributed by atoms with van der Waals surface area (Å²) in [5.74, 6) is -0.773. The van der Waals surface area contributed by atoms with E-state index < -0.39 is 5.91 Å². The summed E-state index contributed by atoms with van der Waals surface area (Å²) in [4.78, 5) is 10.2. The van der Waals surface area contributed by atoms with Gasteiger partial charge in [0.2, 0.25) is 5.91 Å². The number of hydrogen-bond acceptors (Lipinski definition) is 2. The zero-order valence-corrected chi connectivity index (χ0v) is 4.92. The fourth-order valence-electron chi connectivity index (χ4n) is 0.420. The molecule has 3 heteroatoms. The molecule has 0 aromatic carbocycles. The van der Waals surface area contributed by atoms with Crippen LogP contribution in [-0.2, 0) is 4.79 Å². The number of amides is 1. The minimum Gasteiger partial charge on any atom is -0.396 e. The number of aliphatic hydroxyl groups excluding tert-OH is 1. The Balaban J connectivity index is 3.52. The van der Waals surface area contributed by atoms with Crippen LogP contribution in [0.5, 0.6) is 0 Å². The van der Waals surface area contributed by atoms with Crippen LogP contribution in [-0.4, -0.2) is 17.6 Å². The first kappa shape index (κ1) is 7.43. The topological polar surface area (TPSA) is 63.3 Å². The van der Waals surface area contributed by atoms with E-state index in [0.29, 0.717) is 6.42 Å². The van der Waals surface area contributed by atoms with Gasteiger partial charge in [-0.1, -0.05) is 6.92 Å². The molecule has 1 amide bonds. The highest BCUT2D eigenvalue weighted by atomic mass is 16.3. The molecule has 0 radical (unpaired) electrons. The van der Waals surface area contributed by atoms with Crippen LogP contribution in [0.1, 0.15) is 13.3 Å². The van der Waals surface area contributed by atoms with E-state index in [4.69, 9.17) is 10.8 Å². The van der Waals surface area contributed by atoms with Crippen LogP contribution in [0.2, 0.25) is 0 Å². The lowest BCUT2D eigenvalue weighted by Crippen LogP contribution is -2.25. The maximum absolute atomic E-state index is 10.2. The van der Waals surface area contributed by atoms with E-state index in [0.717, 1.165) is 0 Å². The van der Waals surface area contributed by atoms with Crippen molar-refractivity contribution in [2.75, 3.05) is 6.61 Å². The van der Waals surface area contributed by atoms with Gasteiger partial charge in [0.05, 0.1) is 12.5 Å². The first-order valence-corrected chi connectivity index (χ1v) is 2.62. The van der Waals surface area contributed by atoms with Gasteiger partial charge < -0.3 is 10.8 Å². The summed E-state index contributed by atoms with van der Waals surface area (Å²) in [6.07, 6.45) is 0.617. The van der Waals surface area contributed by atoms with Crippen molar-refractivity contribution in [3.05, 3.63) is 0 Å². The lowest BCUT2D eigenvalue weighted by Gasteiger charge is -2.03. The molecule has 0 aliphatic rings. The molecule has 0 aromatic heterocycles. The van der Waals surface area contributed by atoms with E-state index in [1.165, 1.54) is 0 Å². The van der Waals surface area contributed by atoms with Crippen molar-refractivity contribution in [3.8, 4) is 0 Å². The van der Waals surface area contributed by atoms with E-state index in [9.17, 15) is 4.79 Å². The Bertz CT molecular complexity index is 78.5. The molecule has 0 unspecified atom stereocenters. The SMILES string of the molecule is CC[C@@H](CO)C(N)=O. The molecule has 8 heavy (non-hydrogen) atoms. The quantitative estimate of drug-likeness (QED) is 0.523. The van der Waals surface area contributed by atoms with Crippen molar-refractivity contribution in [2.24, 2.45) is 11.7 Å². The molecule has 0 saturated carbocycles. The van der Waals surface area contributed by atoms with Crippen LogP contribution in [0.3, 0.4) is 0 Å². The van der Waals surface area contributed by atoms with Crippen LogP contribution in [0, 0.1) is 5.92 Å². The molecule has 0 fully saturated rings. The van der Waals surface area contributed by atoms with Crippen LogP contribution in [0.25, 0.3) is 0 Å². The van der Waals surface area contributed by atoms with Gasteiger partial charge in [0.15, 0.2) is 0 Å². The number of nitrogens with two attached hydrogens (primary N) is 1. The Morgan fingerprint density at radius 3 is 2.38 bits per heavy atom. The van der Waals surface area contributed by atoms with Gasteiger partial charge in [-0.15, -0.1) is 0 Å². The van der Waals surface area contributed by atoms with Gasteiger partial charge in [-0.3, -0.25) is 4.79 Å². The third-order valence-electron chi connectivity index (χ3n) is 1.12. The summed E-state index contributed by atoms with van der Waals surface area (Å²) in [5.41, 5.74) is 4.86. The molecule has 0 spiro atoms. The van der Waals surface area contributed by atoms with E-state index in [1.807, 2.05) is 6.92 Å². The molecular weight excluding hydrogens is 106 g/mol. The smallest absolute Gasteiger partial charge is 0.222 e. The highest BCUT2D eigenvalue weighted by Gasteiger charge is 2.09. The fourth-order valence-corrected chi connectivity index (χ4v) is 0.420. The van der Waals surface area contributed by atoms with Gasteiger partial charge in [-0.2, -0.15) is 0 Å². The third kappa shape index (κ3) is 1.93. The minimum absolute atomic E-state index is 0.133. The number of carbonyl (C=O) groups excluding carboxylic acids is 1. The summed E-state index contributed by atoms with van der Waals surface area (Å²) < 4.78 is 0. The average molecular weight is 117 g/mol. The number of aliphatic hydroxyl groups is 1. The van der Waals surface area contributed by atoms with Gasteiger partial charge in [0, 0.05) is 0 Å². The van der Waals surface area contributed by atoms with Crippen LogP contribution >= 0.6 is 0 Å². The van der Waals surface area contributed by atoms with Gasteiger partial charge in [-0.25, -0.2) is 0 Å². The summed E-state index contributed by atoms with van der Waals surface area (Å²) >= 11 is 0. The summed E-state index contributed by atoms with van der Waals surface area (Å²) in [5, 5.41) is 8.40. The molecule has 48 valence electrons. The molecule has 0 aliphatic carbocycles. The first-order valence-electron chi connectivity index (χ1n) is 2.62. The standard InChI is InChI=1S/C5H11NO2/c1-2-4(3-7)5(6)8/h4,7H,2-3H2,1H3,(H2,6,8)/t4-/m0/s1. The molecule has 0 rings (SSSR count). The summed E-state index contributed by atoms with van der Waals surface area (Å²) in [6, 6.07) is 0. The molecular formula is C5H11NO2. The van der Waals surface area contributed by atoms with Gasteiger partial charge in [-0.05, 0) is 6.42 Å². The fraction of sp³-hybridized carbons (Fsp3) is 0.800. The Morgan fingerprint density at radius 1 is 1.88 bits per heavy atom. The normalized spacial score (nSPS) is 13.2. The van der Waals surface area contributed by atoms with Crippen molar-refractivity contribution >= 4 is 5.91 Å². The van der Waals surface area contributed by atoms with E-state index in [-0.39, 0.29) is 12.5 Å². The van der Waals surface area contributed by atoms with E-state index in [2.05, 4.69) is 0 Å². The Morgan fingerprint density at radius 2 is 2.38 bits per heavy atom. The van der Waals surface area contributed by atoms with E-state index in [1.54, 1.807) is 0 Å². The molecule has 0 aliphatic heterocycles. The molecule has 3 N–H and O–H groups in total. The van der Waals surface area contributed by atoms with Crippen LogP contribution in [0.4, 0.5) is 0 Å². The van der Waals surface area contributed by atoms with Crippen molar-refractivity contribution in [2.45, 2.75) is 13.3 Å². The minimum atomic E-state index is -0.421. The van der Waals surface area contributed by atoms with Crippen molar-refractivity contribution in [1.29, 1.82) is 0 Å². The Hall–Kier alpha value is -0.570. The maximum Gasteiger partial charge on any atom is 0.222 e. The van der Waals surface area contributed by atoms with Crippen molar-refractivity contribution in [3.63, 3.8) is 0 Å². The predicted molar refractivity (Wildman–Crippen MR) is 30.1 cm³/mol.